The summed E-state index contributed by atoms with van der Waals surface area (Å²) in [6, 6.07) is 2.64. The van der Waals surface area contributed by atoms with Crippen molar-refractivity contribution < 1.29 is 4.74 Å². The Bertz CT molecular complexity index is 222. The molecule has 0 aliphatic carbocycles. The third kappa shape index (κ3) is 6.81. The maximum absolute atomic E-state index is 9.13. The maximum atomic E-state index is 9.13. The van der Waals surface area contributed by atoms with Gasteiger partial charge < -0.3 is 4.74 Å². The van der Waals surface area contributed by atoms with Crippen LogP contribution in [0.5, 0.6) is 0 Å². The average molecular weight is 226 g/mol. The van der Waals surface area contributed by atoms with E-state index in [1.807, 2.05) is 6.92 Å². The zero-order chi connectivity index (χ0) is 12.6. The summed E-state index contributed by atoms with van der Waals surface area (Å²) in [5.74, 6) is 0. The van der Waals surface area contributed by atoms with E-state index in [1.165, 1.54) is 0 Å². The number of ether oxygens (including phenoxy) is 1. The van der Waals surface area contributed by atoms with E-state index < -0.39 is 5.54 Å². The molecule has 0 aromatic rings. The van der Waals surface area contributed by atoms with Crippen LogP contribution in [0.2, 0.25) is 0 Å². The van der Waals surface area contributed by atoms with Crippen molar-refractivity contribution in [3.63, 3.8) is 0 Å². The molecule has 0 spiro atoms. The molecule has 0 bridgehead atoms. The van der Waals surface area contributed by atoms with Crippen LogP contribution in [0.15, 0.2) is 0 Å². The Balaban J connectivity index is 3.92. The monoisotopic (exact) mass is 226 g/mol. The van der Waals surface area contributed by atoms with Gasteiger partial charge in [0.25, 0.3) is 0 Å². The van der Waals surface area contributed by atoms with Crippen LogP contribution in [0.4, 0.5) is 0 Å². The molecule has 0 aromatic heterocycles. The van der Waals surface area contributed by atoms with E-state index in [-0.39, 0.29) is 0 Å². The second kappa shape index (κ2) is 7.65. The lowest BCUT2D eigenvalue weighted by atomic mass is 9.99. The summed E-state index contributed by atoms with van der Waals surface area (Å²) in [7, 11) is 0. The third-order valence-electron chi connectivity index (χ3n) is 2.55. The molecule has 0 rings (SSSR count). The minimum Gasteiger partial charge on any atom is -0.378 e. The highest BCUT2D eigenvalue weighted by Crippen LogP contribution is 2.11. The molecule has 3 heteroatoms. The summed E-state index contributed by atoms with van der Waals surface area (Å²) < 4.78 is 5.67. The van der Waals surface area contributed by atoms with Gasteiger partial charge in [-0.25, -0.2) is 0 Å². The highest BCUT2D eigenvalue weighted by molar-refractivity contribution is 5.04. The topological polar surface area (TPSA) is 45.0 Å². The van der Waals surface area contributed by atoms with E-state index in [2.05, 4.69) is 39.1 Å². The summed E-state index contributed by atoms with van der Waals surface area (Å²) in [4.78, 5) is 0. The zero-order valence-corrected chi connectivity index (χ0v) is 11.3. The largest absolute Gasteiger partial charge is 0.378 e. The highest BCUT2D eigenvalue weighted by atomic mass is 16.5. The summed E-state index contributed by atoms with van der Waals surface area (Å²) in [5.41, 5.74) is -0.472. The number of hydrogen-bond donors (Lipinski definition) is 1. The molecule has 0 saturated heterocycles. The average Bonchev–Trinajstić information content (AvgIpc) is 2.17. The first-order valence-electron chi connectivity index (χ1n) is 6.24. The van der Waals surface area contributed by atoms with Crippen LogP contribution in [-0.2, 0) is 4.74 Å². The molecule has 1 N–H and O–H groups in total. The van der Waals surface area contributed by atoms with Crippen LogP contribution in [-0.4, -0.2) is 24.3 Å². The number of rotatable bonds is 8. The molecule has 94 valence electrons. The van der Waals surface area contributed by atoms with Gasteiger partial charge in [-0.3, -0.25) is 5.32 Å². The predicted molar refractivity (Wildman–Crippen MR) is 67.2 cm³/mol. The summed E-state index contributed by atoms with van der Waals surface area (Å²) in [5, 5.41) is 12.4. The standard InChI is InChI=1S/C13H26N2O/c1-6-7-12(4)16-9-8-13(5,10-14)15-11(2)3/h11-12,15H,6-9H2,1-5H3. The van der Waals surface area contributed by atoms with Crippen LogP contribution >= 0.6 is 0 Å². The summed E-state index contributed by atoms with van der Waals surface area (Å²) in [6.07, 6.45) is 3.25. The Hall–Kier alpha value is -0.590. The van der Waals surface area contributed by atoms with Crippen molar-refractivity contribution in [1.82, 2.24) is 5.32 Å². The SMILES string of the molecule is CCCC(C)OCCC(C)(C#N)NC(C)C. The van der Waals surface area contributed by atoms with Gasteiger partial charge in [-0.2, -0.15) is 5.26 Å². The van der Waals surface area contributed by atoms with Crippen LogP contribution < -0.4 is 5.32 Å². The quantitative estimate of drug-likeness (QED) is 0.692. The molecular formula is C13H26N2O. The van der Waals surface area contributed by atoms with Crippen molar-refractivity contribution in [2.45, 2.75) is 71.6 Å². The predicted octanol–water partition coefficient (Wildman–Crippen LogP) is 2.86. The molecule has 0 aliphatic rings. The van der Waals surface area contributed by atoms with Gasteiger partial charge in [-0.1, -0.05) is 13.3 Å². The van der Waals surface area contributed by atoms with Gasteiger partial charge in [-0.05, 0) is 34.1 Å². The number of nitrogens with one attached hydrogen (secondary N) is 1. The molecule has 0 fully saturated rings. The van der Waals surface area contributed by atoms with Gasteiger partial charge in [0.15, 0.2) is 0 Å². The van der Waals surface area contributed by atoms with E-state index in [0.717, 1.165) is 19.3 Å². The number of nitrogens with zero attached hydrogens (tertiary/aromatic N) is 1. The first-order valence-corrected chi connectivity index (χ1v) is 6.24. The fourth-order valence-corrected chi connectivity index (χ4v) is 1.75. The van der Waals surface area contributed by atoms with Gasteiger partial charge in [0.1, 0.15) is 5.54 Å². The van der Waals surface area contributed by atoms with Crippen LogP contribution in [0.25, 0.3) is 0 Å². The fraction of sp³-hybridized carbons (Fsp3) is 0.923. The number of nitriles is 1. The van der Waals surface area contributed by atoms with Crippen molar-refractivity contribution in [1.29, 1.82) is 5.26 Å². The zero-order valence-electron chi connectivity index (χ0n) is 11.3. The Labute approximate surface area is 100 Å². The van der Waals surface area contributed by atoms with Gasteiger partial charge in [0.2, 0.25) is 0 Å². The lowest BCUT2D eigenvalue weighted by molar-refractivity contribution is 0.0494. The van der Waals surface area contributed by atoms with Gasteiger partial charge in [0.05, 0.1) is 12.2 Å². The molecule has 0 saturated carbocycles. The molecule has 0 amide bonds. The first-order chi connectivity index (χ1) is 7.43. The Kier molecular flexibility index (Phi) is 7.36. The smallest absolute Gasteiger partial charge is 0.106 e. The van der Waals surface area contributed by atoms with Crippen molar-refractivity contribution in [3.05, 3.63) is 0 Å². The molecule has 2 unspecified atom stereocenters. The van der Waals surface area contributed by atoms with Crippen LogP contribution in [0.1, 0.15) is 53.9 Å². The molecule has 0 heterocycles. The van der Waals surface area contributed by atoms with E-state index in [4.69, 9.17) is 10.00 Å². The lowest BCUT2D eigenvalue weighted by Gasteiger charge is -2.26. The maximum Gasteiger partial charge on any atom is 0.106 e. The minimum absolute atomic E-state index is 0.298. The molecule has 3 nitrogen and oxygen atoms in total. The van der Waals surface area contributed by atoms with Gasteiger partial charge in [-0.15, -0.1) is 0 Å². The van der Waals surface area contributed by atoms with Crippen molar-refractivity contribution >= 4 is 0 Å². The highest BCUT2D eigenvalue weighted by Gasteiger charge is 2.24. The summed E-state index contributed by atoms with van der Waals surface area (Å²) >= 11 is 0. The van der Waals surface area contributed by atoms with Crippen LogP contribution in [0.3, 0.4) is 0 Å². The molecule has 2 atom stereocenters. The molecule has 0 aromatic carbocycles. The van der Waals surface area contributed by atoms with E-state index in [9.17, 15) is 0 Å². The molecular weight excluding hydrogens is 200 g/mol. The second-order valence-corrected chi connectivity index (χ2v) is 4.96. The van der Waals surface area contributed by atoms with Gasteiger partial charge in [0, 0.05) is 19.1 Å². The van der Waals surface area contributed by atoms with E-state index >= 15 is 0 Å². The first kappa shape index (κ1) is 15.4. The Morgan fingerprint density at radius 3 is 2.44 bits per heavy atom. The Morgan fingerprint density at radius 2 is 2.00 bits per heavy atom. The fourth-order valence-electron chi connectivity index (χ4n) is 1.75. The van der Waals surface area contributed by atoms with Crippen molar-refractivity contribution in [3.8, 4) is 6.07 Å². The number of hydrogen-bond acceptors (Lipinski definition) is 3. The van der Waals surface area contributed by atoms with E-state index in [0.29, 0.717) is 18.8 Å². The van der Waals surface area contributed by atoms with Gasteiger partial charge >= 0.3 is 0 Å². The Morgan fingerprint density at radius 1 is 1.38 bits per heavy atom. The minimum atomic E-state index is -0.472. The molecule has 0 radical (unpaired) electrons. The normalized spacial score (nSPS) is 16.8. The third-order valence-corrected chi connectivity index (χ3v) is 2.55. The van der Waals surface area contributed by atoms with E-state index in [1.54, 1.807) is 0 Å². The van der Waals surface area contributed by atoms with Crippen molar-refractivity contribution in [2.24, 2.45) is 0 Å². The second-order valence-electron chi connectivity index (χ2n) is 4.96. The van der Waals surface area contributed by atoms with Crippen molar-refractivity contribution in [2.75, 3.05) is 6.61 Å². The molecule has 0 aliphatic heterocycles. The summed E-state index contributed by atoms with van der Waals surface area (Å²) in [6.45, 7) is 10.9. The van der Waals surface area contributed by atoms with Crippen LogP contribution in [0, 0.1) is 11.3 Å². The molecule has 16 heavy (non-hydrogen) atoms. The lowest BCUT2D eigenvalue weighted by Crippen LogP contribution is -2.45.